The van der Waals surface area contributed by atoms with Gasteiger partial charge in [-0.25, -0.2) is 4.57 Å². The predicted octanol–water partition coefficient (Wildman–Crippen LogP) is 0.946. The summed E-state index contributed by atoms with van der Waals surface area (Å²) >= 11 is 4.93. The van der Waals surface area contributed by atoms with Crippen molar-refractivity contribution in [1.82, 2.24) is 0 Å². The Bertz CT molecular complexity index is 104. The van der Waals surface area contributed by atoms with E-state index in [1.807, 2.05) is 0 Å². The van der Waals surface area contributed by atoms with Crippen LogP contribution >= 0.6 is 19.4 Å². The summed E-state index contributed by atoms with van der Waals surface area (Å²) in [4.78, 5) is 8.35. The van der Waals surface area contributed by atoms with E-state index in [1.54, 1.807) is 0 Å². The van der Waals surface area contributed by atoms with Gasteiger partial charge in [-0.1, -0.05) is 11.6 Å². The van der Waals surface area contributed by atoms with E-state index in [9.17, 15) is 4.57 Å². The zero-order valence-corrected chi connectivity index (χ0v) is 5.85. The molecule has 4 nitrogen and oxygen atoms in total. The third-order valence-electron chi connectivity index (χ3n) is 0.443. The van der Waals surface area contributed by atoms with Gasteiger partial charge in [0.2, 0.25) is 0 Å². The molecule has 50 valence electrons. The van der Waals surface area contributed by atoms with Gasteiger partial charge in [-0.05, 0) is 0 Å². The molecule has 0 aromatic heterocycles. The minimum atomic E-state index is -3.81. The van der Waals surface area contributed by atoms with E-state index >= 15 is 0 Å². The van der Waals surface area contributed by atoms with Crippen molar-refractivity contribution in [2.45, 2.75) is 0 Å². The van der Waals surface area contributed by atoms with Gasteiger partial charge in [-0.15, -0.1) is 0 Å². The van der Waals surface area contributed by atoms with Crippen LogP contribution in [0, 0.1) is 0 Å². The normalized spacial score (nSPS) is 17.9. The van der Waals surface area contributed by atoms with E-state index < -0.39 is 7.82 Å². The summed E-state index contributed by atoms with van der Waals surface area (Å²) in [6, 6.07) is -0.346. The molecule has 0 rings (SSSR count). The van der Waals surface area contributed by atoms with Crippen LogP contribution in [-0.2, 0) is 13.6 Å². The van der Waals surface area contributed by atoms with E-state index in [0.717, 1.165) is 7.11 Å². The molecule has 1 atom stereocenters. The Labute approximate surface area is 52.0 Å². The van der Waals surface area contributed by atoms with E-state index in [4.69, 9.17) is 16.5 Å². The van der Waals surface area contributed by atoms with E-state index in [2.05, 4.69) is 9.05 Å². The summed E-state index contributed by atoms with van der Waals surface area (Å²) in [6.07, 6.45) is 0. The Balaban J connectivity index is 3.55. The number of phosphoric acid groups is 1. The van der Waals surface area contributed by atoms with Crippen molar-refractivity contribution in [3.05, 3.63) is 0 Å². The van der Waals surface area contributed by atoms with Crippen molar-refractivity contribution in [2.24, 2.45) is 0 Å². The van der Waals surface area contributed by atoms with Crippen molar-refractivity contribution >= 4 is 19.4 Å². The first-order valence-corrected chi connectivity index (χ1v) is 3.74. The van der Waals surface area contributed by atoms with Crippen molar-refractivity contribution in [2.75, 3.05) is 13.2 Å². The lowest BCUT2D eigenvalue weighted by Gasteiger charge is -2.03. The van der Waals surface area contributed by atoms with Gasteiger partial charge in [-0.2, -0.15) is 0 Å². The molecule has 1 N–H and O–H groups in total. The largest absolute Gasteiger partial charge is 0.473 e. The van der Waals surface area contributed by atoms with E-state index in [1.165, 1.54) is 0 Å². The molecule has 0 aromatic rings. The molecule has 0 radical (unpaired) electrons. The van der Waals surface area contributed by atoms with Crippen molar-refractivity contribution in [1.29, 1.82) is 0 Å². The summed E-state index contributed by atoms with van der Waals surface area (Å²) in [7, 11) is -2.74. The Morgan fingerprint density at radius 2 is 2.38 bits per heavy atom. The topological polar surface area (TPSA) is 55.8 Å². The molecular formula is C2H6ClO4P. The Morgan fingerprint density at radius 3 is 2.50 bits per heavy atom. The van der Waals surface area contributed by atoms with Crippen LogP contribution in [0.1, 0.15) is 0 Å². The molecule has 1 unspecified atom stereocenters. The minimum absolute atomic E-state index is 0.346. The van der Waals surface area contributed by atoms with Crippen LogP contribution in [0.5, 0.6) is 0 Å². The highest BCUT2D eigenvalue weighted by Gasteiger charge is 2.16. The molecule has 0 aliphatic heterocycles. The number of rotatable bonds is 3. The van der Waals surface area contributed by atoms with Crippen LogP contribution < -0.4 is 0 Å². The Morgan fingerprint density at radius 1 is 1.88 bits per heavy atom. The quantitative estimate of drug-likeness (QED) is 0.493. The van der Waals surface area contributed by atoms with Crippen LogP contribution in [-0.4, -0.2) is 18.1 Å². The van der Waals surface area contributed by atoms with Crippen molar-refractivity contribution in [3.8, 4) is 0 Å². The fourth-order valence-corrected chi connectivity index (χ4v) is 0.713. The summed E-state index contributed by atoms with van der Waals surface area (Å²) in [5.74, 6) is 0. The second-order valence-corrected chi connectivity index (χ2v) is 2.67. The first-order chi connectivity index (χ1) is 3.62. The average Bonchev–Trinajstić information content (AvgIpc) is 1.67. The van der Waals surface area contributed by atoms with Crippen LogP contribution in [0.4, 0.5) is 0 Å². The number of hydrogen-bond acceptors (Lipinski definition) is 3. The van der Waals surface area contributed by atoms with Gasteiger partial charge in [0.15, 0.2) is 0 Å². The molecule has 0 heterocycles. The summed E-state index contributed by atoms with van der Waals surface area (Å²) in [5, 5.41) is 0. The van der Waals surface area contributed by atoms with E-state index in [0.29, 0.717) is 0 Å². The van der Waals surface area contributed by atoms with E-state index in [-0.39, 0.29) is 6.07 Å². The molecule has 0 bridgehead atoms. The minimum Gasteiger partial charge on any atom is -0.302 e. The summed E-state index contributed by atoms with van der Waals surface area (Å²) in [5.41, 5.74) is 0. The zero-order chi connectivity index (χ0) is 6.62. The summed E-state index contributed by atoms with van der Waals surface area (Å²) < 4.78 is 18.2. The molecule has 0 amide bonds. The molecule has 6 heteroatoms. The van der Waals surface area contributed by atoms with Crippen molar-refractivity contribution in [3.63, 3.8) is 0 Å². The maximum atomic E-state index is 10.2. The molecule has 0 saturated carbocycles. The number of halogens is 1. The number of alkyl halides is 1. The number of phosphoric ester groups is 1. The maximum Gasteiger partial charge on any atom is 0.473 e. The van der Waals surface area contributed by atoms with Gasteiger partial charge in [0.25, 0.3) is 0 Å². The molecule has 0 saturated heterocycles. The highest BCUT2D eigenvalue weighted by molar-refractivity contribution is 7.47. The van der Waals surface area contributed by atoms with Crippen LogP contribution in [0.3, 0.4) is 0 Å². The lowest BCUT2D eigenvalue weighted by atomic mass is 11.7. The zero-order valence-electron chi connectivity index (χ0n) is 4.20. The van der Waals surface area contributed by atoms with Gasteiger partial charge in [0.1, 0.15) is 6.07 Å². The second-order valence-electron chi connectivity index (χ2n) is 0.889. The Kier molecular flexibility index (Phi) is 3.60. The highest BCUT2D eigenvalue weighted by Crippen LogP contribution is 2.41. The molecule has 0 aliphatic carbocycles. The highest BCUT2D eigenvalue weighted by atomic mass is 35.5. The molecular weight excluding hydrogens is 154 g/mol. The first kappa shape index (κ1) is 8.40. The van der Waals surface area contributed by atoms with Gasteiger partial charge < -0.3 is 4.89 Å². The summed E-state index contributed by atoms with van der Waals surface area (Å²) in [6.45, 7) is 0. The van der Waals surface area contributed by atoms with Crippen LogP contribution in [0.15, 0.2) is 0 Å². The lowest BCUT2D eigenvalue weighted by molar-refractivity contribution is 0.196. The average molecular weight is 160 g/mol. The van der Waals surface area contributed by atoms with Gasteiger partial charge >= 0.3 is 7.82 Å². The van der Waals surface area contributed by atoms with Crippen LogP contribution in [0.2, 0.25) is 0 Å². The Hall–Kier alpha value is 0.400. The fraction of sp³-hybridized carbons (Fsp3) is 1.00. The molecule has 0 aromatic carbocycles. The van der Waals surface area contributed by atoms with Gasteiger partial charge in [0.05, 0.1) is 0 Å². The van der Waals surface area contributed by atoms with Crippen molar-refractivity contribution < 1.29 is 18.5 Å². The maximum absolute atomic E-state index is 10.2. The monoisotopic (exact) mass is 160 g/mol. The standard InChI is InChI=1S/C2H6ClO4P/c1-6-8(4,5)7-2-3/h2H2,1H3,(H,4,5). The first-order valence-electron chi connectivity index (χ1n) is 1.71. The fourth-order valence-electron chi connectivity index (χ4n) is 0.114. The number of hydrogen-bond donors (Lipinski definition) is 1. The van der Waals surface area contributed by atoms with Crippen LogP contribution in [0.25, 0.3) is 0 Å². The second kappa shape index (κ2) is 3.43. The molecule has 8 heavy (non-hydrogen) atoms. The van der Waals surface area contributed by atoms with Gasteiger partial charge in [-0.3, -0.25) is 9.05 Å². The predicted molar refractivity (Wildman–Crippen MR) is 28.6 cm³/mol. The smallest absolute Gasteiger partial charge is 0.302 e. The molecule has 0 aliphatic rings. The van der Waals surface area contributed by atoms with Gasteiger partial charge in [0, 0.05) is 7.11 Å². The SMILES string of the molecule is COP(=O)(O)OCCl. The molecule has 0 spiro atoms. The lowest BCUT2D eigenvalue weighted by Crippen LogP contribution is -1.87. The third kappa shape index (κ3) is 3.41. The molecule has 0 fully saturated rings. The third-order valence-corrected chi connectivity index (χ3v) is 1.62.